The summed E-state index contributed by atoms with van der Waals surface area (Å²) in [6.07, 6.45) is 6.24. The van der Waals surface area contributed by atoms with Gasteiger partial charge in [0.15, 0.2) is 5.82 Å². The number of hydrogen-bond donors (Lipinski definition) is 1. The van der Waals surface area contributed by atoms with Gasteiger partial charge in [-0.1, -0.05) is 24.4 Å². The van der Waals surface area contributed by atoms with E-state index < -0.39 is 0 Å². The molecule has 1 aromatic heterocycles. The molecule has 0 aromatic carbocycles. The molecule has 2 N–H and O–H groups in total. The molecular formula is C12H19ClN4O. The standard InChI is InChI=1S/C12H19ClN4O/c1-18-12-15-8-10(13)11(16-12)17-6-4-2-3-5-9(17)7-14/h8-9H,2-7,14H2,1H3. The second-order valence-electron chi connectivity index (χ2n) is 4.46. The van der Waals surface area contributed by atoms with Crippen LogP contribution in [0.15, 0.2) is 6.20 Å². The zero-order valence-corrected chi connectivity index (χ0v) is 11.4. The van der Waals surface area contributed by atoms with E-state index >= 15 is 0 Å². The van der Waals surface area contributed by atoms with Gasteiger partial charge in [-0.15, -0.1) is 0 Å². The van der Waals surface area contributed by atoms with Gasteiger partial charge in [-0.05, 0) is 12.8 Å². The Hall–Kier alpha value is -1.07. The van der Waals surface area contributed by atoms with E-state index in [4.69, 9.17) is 22.1 Å². The van der Waals surface area contributed by atoms with Crippen LogP contribution < -0.4 is 15.4 Å². The minimum atomic E-state index is 0.296. The van der Waals surface area contributed by atoms with Crippen molar-refractivity contribution < 1.29 is 4.74 Å². The second kappa shape index (κ2) is 6.20. The minimum Gasteiger partial charge on any atom is -0.467 e. The number of methoxy groups -OCH3 is 1. The van der Waals surface area contributed by atoms with Crippen molar-refractivity contribution in [2.75, 3.05) is 25.1 Å². The second-order valence-corrected chi connectivity index (χ2v) is 4.87. The number of nitrogens with zero attached hydrogens (tertiary/aromatic N) is 3. The van der Waals surface area contributed by atoms with Crippen LogP contribution in [0.1, 0.15) is 25.7 Å². The van der Waals surface area contributed by atoms with E-state index in [0.29, 0.717) is 23.6 Å². The lowest BCUT2D eigenvalue weighted by atomic mass is 10.1. The van der Waals surface area contributed by atoms with Crippen molar-refractivity contribution in [1.82, 2.24) is 9.97 Å². The molecule has 1 fully saturated rings. The van der Waals surface area contributed by atoms with Gasteiger partial charge in [-0.3, -0.25) is 0 Å². The smallest absolute Gasteiger partial charge is 0.318 e. The molecule has 0 saturated carbocycles. The van der Waals surface area contributed by atoms with Crippen LogP contribution >= 0.6 is 11.6 Å². The molecule has 5 nitrogen and oxygen atoms in total. The monoisotopic (exact) mass is 270 g/mol. The van der Waals surface area contributed by atoms with Gasteiger partial charge < -0.3 is 15.4 Å². The van der Waals surface area contributed by atoms with E-state index in [2.05, 4.69) is 14.9 Å². The highest BCUT2D eigenvalue weighted by atomic mass is 35.5. The Labute approximate surface area is 112 Å². The summed E-state index contributed by atoms with van der Waals surface area (Å²) in [6.45, 7) is 1.55. The number of anilines is 1. The summed E-state index contributed by atoms with van der Waals surface area (Å²) >= 11 is 6.20. The Morgan fingerprint density at radius 3 is 3.06 bits per heavy atom. The van der Waals surface area contributed by atoms with Crippen LogP contribution in [0.4, 0.5) is 5.82 Å². The predicted molar refractivity (Wildman–Crippen MR) is 72.3 cm³/mol. The highest BCUT2D eigenvalue weighted by molar-refractivity contribution is 6.32. The molecule has 100 valence electrons. The van der Waals surface area contributed by atoms with E-state index in [1.807, 2.05) is 0 Å². The highest BCUT2D eigenvalue weighted by Gasteiger charge is 2.23. The van der Waals surface area contributed by atoms with Crippen LogP contribution in [0.2, 0.25) is 5.02 Å². The van der Waals surface area contributed by atoms with Crippen LogP contribution in [0.25, 0.3) is 0 Å². The molecule has 1 aliphatic rings. The lowest BCUT2D eigenvalue weighted by molar-refractivity contribution is 0.379. The molecule has 0 amide bonds. The molecule has 18 heavy (non-hydrogen) atoms. The predicted octanol–water partition coefficient (Wildman–Crippen LogP) is 1.85. The third-order valence-corrected chi connectivity index (χ3v) is 3.57. The molecular weight excluding hydrogens is 252 g/mol. The molecule has 1 saturated heterocycles. The highest BCUT2D eigenvalue weighted by Crippen LogP contribution is 2.29. The maximum Gasteiger partial charge on any atom is 0.318 e. The number of halogens is 1. The number of nitrogens with two attached hydrogens (primary N) is 1. The number of ether oxygens (including phenoxy) is 1. The number of rotatable bonds is 3. The lowest BCUT2D eigenvalue weighted by Gasteiger charge is -2.30. The van der Waals surface area contributed by atoms with E-state index in [1.165, 1.54) is 12.8 Å². The third kappa shape index (κ3) is 2.84. The van der Waals surface area contributed by atoms with Crippen LogP contribution in [0, 0.1) is 0 Å². The Kier molecular flexibility index (Phi) is 4.60. The minimum absolute atomic E-state index is 0.296. The molecule has 0 aliphatic carbocycles. The summed E-state index contributed by atoms with van der Waals surface area (Å²) in [7, 11) is 1.55. The molecule has 0 spiro atoms. The van der Waals surface area contributed by atoms with Gasteiger partial charge in [0, 0.05) is 19.1 Å². The first-order valence-electron chi connectivity index (χ1n) is 6.29. The first-order valence-corrected chi connectivity index (χ1v) is 6.67. The first kappa shape index (κ1) is 13.4. The van der Waals surface area contributed by atoms with E-state index in [-0.39, 0.29) is 0 Å². The molecule has 1 atom stereocenters. The van der Waals surface area contributed by atoms with Crippen LogP contribution in [-0.2, 0) is 0 Å². The van der Waals surface area contributed by atoms with Gasteiger partial charge in [0.1, 0.15) is 5.02 Å². The molecule has 0 radical (unpaired) electrons. The van der Waals surface area contributed by atoms with Crippen LogP contribution in [0.3, 0.4) is 0 Å². The average Bonchev–Trinajstić information content (AvgIpc) is 2.64. The van der Waals surface area contributed by atoms with Gasteiger partial charge in [-0.25, -0.2) is 4.98 Å². The van der Waals surface area contributed by atoms with Gasteiger partial charge in [0.05, 0.1) is 13.3 Å². The van der Waals surface area contributed by atoms with Crippen molar-refractivity contribution in [3.8, 4) is 6.01 Å². The van der Waals surface area contributed by atoms with Gasteiger partial charge >= 0.3 is 6.01 Å². The van der Waals surface area contributed by atoms with E-state index in [9.17, 15) is 0 Å². The quantitative estimate of drug-likeness (QED) is 0.908. The largest absolute Gasteiger partial charge is 0.467 e. The molecule has 1 unspecified atom stereocenters. The summed E-state index contributed by atoms with van der Waals surface area (Å²) in [5, 5.41) is 0.552. The van der Waals surface area contributed by atoms with Gasteiger partial charge in [0.2, 0.25) is 0 Å². The summed E-state index contributed by atoms with van der Waals surface area (Å²) in [4.78, 5) is 10.6. The van der Waals surface area contributed by atoms with Crippen LogP contribution in [0.5, 0.6) is 6.01 Å². The summed E-state index contributed by atoms with van der Waals surface area (Å²) in [5.74, 6) is 0.737. The normalized spacial score (nSPS) is 20.6. The van der Waals surface area contributed by atoms with Crippen molar-refractivity contribution in [2.24, 2.45) is 5.73 Å². The zero-order valence-electron chi connectivity index (χ0n) is 10.6. The van der Waals surface area contributed by atoms with Gasteiger partial charge in [-0.2, -0.15) is 4.98 Å². The van der Waals surface area contributed by atoms with E-state index in [0.717, 1.165) is 25.2 Å². The summed E-state index contributed by atoms with van der Waals surface area (Å²) in [5.41, 5.74) is 5.86. The fraction of sp³-hybridized carbons (Fsp3) is 0.667. The van der Waals surface area contributed by atoms with Crippen molar-refractivity contribution in [3.63, 3.8) is 0 Å². The van der Waals surface area contributed by atoms with Crippen molar-refractivity contribution in [3.05, 3.63) is 11.2 Å². The molecule has 1 aliphatic heterocycles. The summed E-state index contributed by atoms with van der Waals surface area (Å²) < 4.78 is 5.06. The SMILES string of the molecule is COc1ncc(Cl)c(N2CCCCCC2CN)n1. The van der Waals surface area contributed by atoms with Crippen molar-refractivity contribution in [2.45, 2.75) is 31.7 Å². The maximum atomic E-state index is 6.20. The molecule has 0 bridgehead atoms. The first-order chi connectivity index (χ1) is 8.76. The Morgan fingerprint density at radius 2 is 2.33 bits per heavy atom. The molecule has 6 heteroatoms. The van der Waals surface area contributed by atoms with Crippen LogP contribution in [-0.4, -0.2) is 36.2 Å². The number of hydrogen-bond acceptors (Lipinski definition) is 5. The summed E-state index contributed by atoms with van der Waals surface area (Å²) in [6, 6.07) is 0.638. The Morgan fingerprint density at radius 1 is 1.50 bits per heavy atom. The Bertz CT molecular complexity index is 402. The third-order valence-electron chi connectivity index (χ3n) is 3.31. The van der Waals surface area contributed by atoms with Crippen molar-refractivity contribution >= 4 is 17.4 Å². The molecule has 1 aromatic rings. The Balaban J connectivity index is 2.31. The topological polar surface area (TPSA) is 64.3 Å². The fourth-order valence-electron chi connectivity index (χ4n) is 2.34. The number of aromatic nitrogens is 2. The van der Waals surface area contributed by atoms with Gasteiger partial charge in [0.25, 0.3) is 0 Å². The molecule has 2 heterocycles. The van der Waals surface area contributed by atoms with Crippen molar-refractivity contribution in [1.29, 1.82) is 0 Å². The van der Waals surface area contributed by atoms with E-state index in [1.54, 1.807) is 13.3 Å². The molecule has 2 rings (SSSR count). The average molecular weight is 271 g/mol. The fourth-order valence-corrected chi connectivity index (χ4v) is 2.54. The lowest BCUT2D eigenvalue weighted by Crippen LogP contribution is -2.41. The zero-order chi connectivity index (χ0) is 13.0. The maximum absolute atomic E-state index is 6.20.